The molecule has 1 heterocycles. The molecule has 1 atom stereocenters. The van der Waals surface area contributed by atoms with Crippen molar-refractivity contribution < 1.29 is 4.74 Å². The van der Waals surface area contributed by atoms with Crippen molar-refractivity contribution in [3.05, 3.63) is 0 Å². The Morgan fingerprint density at radius 1 is 1.43 bits per heavy atom. The summed E-state index contributed by atoms with van der Waals surface area (Å²) in [5.74, 6) is 0. The van der Waals surface area contributed by atoms with Crippen molar-refractivity contribution in [3.8, 4) is 0 Å². The SMILES string of the molecule is SC1CCCCO1. The second-order valence-electron chi connectivity index (χ2n) is 1.82. The maximum absolute atomic E-state index is 5.14. The van der Waals surface area contributed by atoms with E-state index >= 15 is 0 Å². The highest BCUT2D eigenvalue weighted by Crippen LogP contribution is 2.14. The zero-order chi connectivity index (χ0) is 5.11. The topological polar surface area (TPSA) is 9.23 Å². The molecular formula is C5H10OS. The molecule has 0 bridgehead atoms. The Labute approximate surface area is 49.5 Å². The fourth-order valence-corrected chi connectivity index (χ4v) is 1.01. The molecule has 0 radical (unpaired) electrons. The molecular weight excluding hydrogens is 108 g/mol. The van der Waals surface area contributed by atoms with Gasteiger partial charge in [-0.1, -0.05) is 0 Å². The Bertz CT molecular complexity index is 50.0. The second-order valence-corrected chi connectivity index (χ2v) is 2.40. The normalized spacial score (nSPS) is 33.0. The van der Waals surface area contributed by atoms with Crippen LogP contribution >= 0.6 is 12.6 Å². The standard InChI is InChI=1S/C5H10OS/c7-5-3-1-2-4-6-5/h5,7H,1-4H2. The molecule has 1 fully saturated rings. The minimum absolute atomic E-state index is 0.230. The molecule has 1 nitrogen and oxygen atoms in total. The van der Waals surface area contributed by atoms with Gasteiger partial charge in [0.05, 0.1) is 5.44 Å². The van der Waals surface area contributed by atoms with Crippen molar-refractivity contribution in [2.45, 2.75) is 24.7 Å². The highest BCUT2D eigenvalue weighted by Gasteiger charge is 2.06. The van der Waals surface area contributed by atoms with Crippen LogP contribution in [0.15, 0.2) is 0 Å². The van der Waals surface area contributed by atoms with Gasteiger partial charge in [0.15, 0.2) is 0 Å². The lowest BCUT2D eigenvalue weighted by Crippen LogP contribution is -2.11. The van der Waals surface area contributed by atoms with Crippen molar-refractivity contribution in [3.63, 3.8) is 0 Å². The molecule has 1 aliphatic rings. The van der Waals surface area contributed by atoms with Gasteiger partial charge in [0.25, 0.3) is 0 Å². The molecule has 0 aromatic carbocycles. The van der Waals surface area contributed by atoms with Gasteiger partial charge in [0.2, 0.25) is 0 Å². The zero-order valence-electron chi connectivity index (χ0n) is 4.26. The van der Waals surface area contributed by atoms with E-state index in [4.69, 9.17) is 4.74 Å². The number of hydrogen-bond acceptors (Lipinski definition) is 2. The summed E-state index contributed by atoms with van der Waals surface area (Å²) >= 11 is 4.14. The minimum Gasteiger partial charge on any atom is -0.368 e. The second kappa shape index (κ2) is 2.58. The fourth-order valence-electron chi connectivity index (χ4n) is 0.724. The maximum atomic E-state index is 5.14. The summed E-state index contributed by atoms with van der Waals surface area (Å²) in [4.78, 5) is 0. The molecule has 2 heteroatoms. The zero-order valence-corrected chi connectivity index (χ0v) is 5.16. The van der Waals surface area contributed by atoms with Crippen LogP contribution in [0.4, 0.5) is 0 Å². The van der Waals surface area contributed by atoms with Crippen LogP contribution in [0.2, 0.25) is 0 Å². The number of ether oxygens (including phenoxy) is 1. The monoisotopic (exact) mass is 118 g/mol. The average molecular weight is 118 g/mol. The first-order valence-corrected chi connectivity index (χ1v) is 3.21. The van der Waals surface area contributed by atoms with Gasteiger partial charge in [-0.3, -0.25) is 0 Å². The van der Waals surface area contributed by atoms with Gasteiger partial charge in [0.1, 0.15) is 0 Å². The third kappa shape index (κ3) is 1.70. The molecule has 0 spiro atoms. The molecule has 1 aliphatic heterocycles. The number of thiol groups is 1. The highest BCUT2D eigenvalue weighted by atomic mass is 32.1. The van der Waals surface area contributed by atoms with E-state index in [2.05, 4.69) is 12.6 Å². The smallest absolute Gasteiger partial charge is 0.0999 e. The molecule has 0 amide bonds. The Morgan fingerprint density at radius 2 is 2.29 bits per heavy atom. The molecule has 42 valence electrons. The Balaban J connectivity index is 2.12. The maximum Gasteiger partial charge on any atom is 0.0999 e. The average Bonchev–Trinajstić information content (AvgIpc) is 1.69. The lowest BCUT2D eigenvalue weighted by molar-refractivity contribution is 0.0742. The van der Waals surface area contributed by atoms with Crippen LogP contribution in [0.3, 0.4) is 0 Å². The van der Waals surface area contributed by atoms with E-state index in [0.717, 1.165) is 13.0 Å². The van der Waals surface area contributed by atoms with Gasteiger partial charge < -0.3 is 4.74 Å². The molecule has 1 saturated heterocycles. The third-order valence-electron chi connectivity index (χ3n) is 1.16. The highest BCUT2D eigenvalue weighted by molar-refractivity contribution is 7.80. The summed E-state index contributed by atoms with van der Waals surface area (Å²) in [5, 5.41) is 0. The molecule has 1 unspecified atom stereocenters. The Hall–Kier alpha value is 0.310. The first-order chi connectivity index (χ1) is 3.39. The van der Waals surface area contributed by atoms with E-state index < -0.39 is 0 Å². The van der Waals surface area contributed by atoms with Gasteiger partial charge in [0, 0.05) is 6.61 Å². The van der Waals surface area contributed by atoms with Gasteiger partial charge in [-0.25, -0.2) is 0 Å². The first-order valence-electron chi connectivity index (χ1n) is 2.69. The van der Waals surface area contributed by atoms with Gasteiger partial charge >= 0.3 is 0 Å². The molecule has 0 aromatic heterocycles. The Morgan fingerprint density at radius 3 is 2.57 bits per heavy atom. The van der Waals surface area contributed by atoms with Crippen molar-refractivity contribution in [1.29, 1.82) is 0 Å². The minimum atomic E-state index is 0.230. The van der Waals surface area contributed by atoms with Crippen molar-refractivity contribution in [2.24, 2.45) is 0 Å². The van der Waals surface area contributed by atoms with Crippen LogP contribution in [0.5, 0.6) is 0 Å². The summed E-state index contributed by atoms with van der Waals surface area (Å²) in [7, 11) is 0. The van der Waals surface area contributed by atoms with Gasteiger partial charge in [-0.05, 0) is 19.3 Å². The lowest BCUT2D eigenvalue weighted by atomic mass is 10.2. The number of rotatable bonds is 0. The van der Waals surface area contributed by atoms with Crippen LogP contribution in [0.1, 0.15) is 19.3 Å². The first kappa shape index (κ1) is 5.45. The van der Waals surface area contributed by atoms with Crippen LogP contribution in [-0.4, -0.2) is 12.0 Å². The molecule has 0 saturated carbocycles. The molecule has 0 N–H and O–H groups in total. The predicted molar refractivity (Wildman–Crippen MR) is 32.6 cm³/mol. The van der Waals surface area contributed by atoms with E-state index in [1.165, 1.54) is 12.8 Å². The van der Waals surface area contributed by atoms with E-state index in [0.29, 0.717) is 0 Å². The fraction of sp³-hybridized carbons (Fsp3) is 1.00. The van der Waals surface area contributed by atoms with Crippen molar-refractivity contribution in [2.75, 3.05) is 6.61 Å². The molecule has 0 aliphatic carbocycles. The number of hydrogen-bond donors (Lipinski definition) is 1. The molecule has 1 rings (SSSR count). The quantitative estimate of drug-likeness (QED) is 0.473. The van der Waals surface area contributed by atoms with Crippen LogP contribution in [0.25, 0.3) is 0 Å². The van der Waals surface area contributed by atoms with Gasteiger partial charge in [-0.2, -0.15) is 0 Å². The summed E-state index contributed by atoms with van der Waals surface area (Å²) < 4.78 is 5.14. The van der Waals surface area contributed by atoms with Crippen LogP contribution < -0.4 is 0 Å². The summed E-state index contributed by atoms with van der Waals surface area (Å²) in [6, 6.07) is 0. The van der Waals surface area contributed by atoms with Crippen molar-refractivity contribution >= 4 is 12.6 Å². The van der Waals surface area contributed by atoms with Crippen LogP contribution in [-0.2, 0) is 4.74 Å². The lowest BCUT2D eigenvalue weighted by Gasteiger charge is -2.16. The molecule has 7 heavy (non-hydrogen) atoms. The predicted octanol–water partition coefficient (Wildman–Crippen LogP) is 1.44. The summed E-state index contributed by atoms with van der Waals surface area (Å²) in [6.45, 7) is 0.911. The van der Waals surface area contributed by atoms with Crippen LogP contribution in [0, 0.1) is 0 Å². The summed E-state index contributed by atoms with van der Waals surface area (Å²) in [5.41, 5.74) is 0.230. The van der Waals surface area contributed by atoms with Crippen molar-refractivity contribution in [1.82, 2.24) is 0 Å². The summed E-state index contributed by atoms with van der Waals surface area (Å²) in [6.07, 6.45) is 3.63. The van der Waals surface area contributed by atoms with E-state index in [1.807, 2.05) is 0 Å². The molecule has 0 aromatic rings. The van der Waals surface area contributed by atoms with Gasteiger partial charge in [-0.15, -0.1) is 12.6 Å². The van der Waals surface area contributed by atoms with E-state index in [-0.39, 0.29) is 5.44 Å². The third-order valence-corrected chi connectivity index (χ3v) is 1.56. The van der Waals surface area contributed by atoms with E-state index in [1.54, 1.807) is 0 Å². The largest absolute Gasteiger partial charge is 0.368 e. The Kier molecular flexibility index (Phi) is 2.00. The van der Waals surface area contributed by atoms with E-state index in [9.17, 15) is 0 Å².